The molecule has 1 saturated heterocycles. The first kappa shape index (κ1) is 21.6. The number of rotatable bonds is 5. The Morgan fingerprint density at radius 1 is 1.06 bits per heavy atom. The predicted octanol–water partition coefficient (Wildman–Crippen LogP) is 3.89. The van der Waals surface area contributed by atoms with E-state index in [0.717, 1.165) is 11.4 Å². The van der Waals surface area contributed by atoms with Gasteiger partial charge in [-0.2, -0.15) is 0 Å². The molecule has 1 fully saturated rings. The number of anilines is 1. The van der Waals surface area contributed by atoms with Crippen LogP contribution in [0.15, 0.2) is 48.5 Å². The van der Waals surface area contributed by atoms with Crippen LogP contribution in [0, 0.1) is 12.7 Å². The van der Waals surface area contributed by atoms with Crippen molar-refractivity contribution in [2.75, 3.05) is 38.2 Å². The van der Waals surface area contributed by atoms with E-state index in [-0.39, 0.29) is 12.3 Å². The fourth-order valence-corrected chi connectivity index (χ4v) is 4.28. The number of carboxylic acids is 1. The molecule has 0 aromatic heterocycles. The maximum Gasteiger partial charge on any atom is 0.307 e. The molecule has 0 saturated carbocycles. The third kappa shape index (κ3) is 4.23. The average molecular weight is 436 g/mol. The number of carbonyl (C=O) groups is 2. The van der Waals surface area contributed by atoms with Crippen LogP contribution in [0.25, 0.3) is 10.8 Å². The summed E-state index contributed by atoms with van der Waals surface area (Å²) in [6.45, 7) is 4.06. The second-order valence-corrected chi connectivity index (χ2v) is 7.95. The van der Waals surface area contributed by atoms with Crippen molar-refractivity contribution in [1.82, 2.24) is 4.90 Å². The normalized spacial score (nSPS) is 14.0. The lowest BCUT2D eigenvalue weighted by atomic mass is 9.92. The molecule has 1 N–H and O–H groups in total. The molecule has 1 aliphatic rings. The van der Waals surface area contributed by atoms with Crippen molar-refractivity contribution >= 4 is 28.3 Å². The number of fused-ring (bicyclic) bond motifs is 1. The standard InChI is InChI=1S/C25H25FN2O4/c1-16-18(13-23(29)30)12-17-6-7-19(26)14-22(17)24(16)25(31)28-10-8-27(9-11-28)20-4-3-5-21(15-20)32-2/h3-7,12,14-15H,8-11,13H2,1-2H3,(H,29,30). The first-order valence-electron chi connectivity index (χ1n) is 10.5. The molecule has 166 valence electrons. The number of aliphatic carboxylic acids is 1. The smallest absolute Gasteiger partial charge is 0.307 e. The van der Waals surface area contributed by atoms with E-state index in [9.17, 15) is 19.1 Å². The first-order valence-corrected chi connectivity index (χ1v) is 10.5. The lowest BCUT2D eigenvalue weighted by Crippen LogP contribution is -2.49. The van der Waals surface area contributed by atoms with Crippen molar-refractivity contribution in [3.63, 3.8) is 0 Å². The molecule has 1 heterocycles. The number of carbonyl (C=O) groups excluding carboxylic acids is 1. The van der Waals surface area contributed by atoms with Crippen LogP contribution in [0.1, 0.15) is 21.5 Å². The monoisotopic (exact) mass is 436 g/mol. The number of nitrogens with zero attached hydrogens (tertiary/aromatic N) is 2. The number of methoxy groups -OCH3 is 1. The fourth-order valence-electron chi connectivity index (χ4n) is 4.28. The Bertz CT molecular complexity index is 1190. The molecule has 0 unspecified atom stereocenters. The van der Waals surface area contributed by atoms with Gasteiger partial charge in [0.1, 0.15) is 11.6 Å². The number of carboxylic acid groups (broad SMARTS) is 1. The molecule has 0 aliphatic carbocycles. The lowest BCUT2D eigenvalue weighted by molar-refractivity contribution is -0.136. The maximum atomic E-state index is 14.0. The van der Waals surface area contributed by atoms with Gasteiger partial charge < -0.3 is 19.6 Å². The van der Waals surface area contributed by atoms with Crippen LogP contribution in [0.4, 0.5) is 10.1 Å². The summed E-state index contributed by atoms with van der Waals surface area (Å²) in [5.74, 6) is -0.823. The number of amides is 1. The fraction of sp³-hybridized carbons (Fsp3) is 0.280. The molecule has 32 heavy (non-hydrogen) atoms. The van der Waals surface area contributed by atoms with Gasteiger partial charge in [-0.25, -0.2) is 4.39 Å². The number of benzene rings is 3. The first-order chi connectivity index (χ1) is 15.4. The van der Waals surface area contributed by atoms with E-state index in [1.165, 1.54) is 12.1 Å². The van der Waals surface area contributed by atoms with Crippen molar-refractivity contribution in [2.24, 2.45) is 0 Å². The highest BCUT2D eigenvalue weighted by Crippen LogP contribution is 2.29. The summed E-state index contributed by atoms with van der Waals surface area (Å²) in [6, 6.07) is 13.8. The molecule has 0 radical (unpaired) electrons. The summed E-state index contributed by atoms with van der Waals surface area (Å²) in [5, 5.41) is 10.5. The van der Waals surface area contributed by atoms with Gasteiger partial charge in [-0.15, -0.1) is 0 Å². The van der Waals surface area contributed by atoms with Crippen LogP contribution in [0.3, 0.4) is 0 Å². The Balaban J connectivity index is 1.63. The number of piperazine rings is 1. The quantitative estimate of drug-likeness (QED) is 0.657. The molecular formula is C25H25FN2O4. The topological polar surface area (TPSA) is 70.1 Å². The molecule has 0 atom stereocenters. The second kappa shape index (κ2) is 8.86. The largest absolute Gasteiger partial charge is 0.497 e. The van der Waals surface area contributed by atoms with Gasteiger partial charge in [-0.3, -0.25) is 9.59 Å². The van der Waals surface area contributed by atoms with E-state index in [4.69, 9.17) is 4.74 Å². The number of halogens is 1. The summed E-state index contributed by atoms with van der Waals surface area (Å²) in [5.41, 5.74) is 2.57. The number of ether oxygens (including phenoxy) is 1. The van der Waals surface area contributed by atoms with Crippen LogP contribution >= 0.6 is 0 Å². The van der Waals surface area contributed by atoms with Gasteiger partial charge in [-0.05, 0) is 53.1 Å². The van der Waals surface area contributed by atoms with E-state index >= 15 is 0 Å². The van der Waals surface area contributed by atoms with E-state index < -0.39 is 11.8 Å². The van der Waals surface area contributed by atoms with Crippen LogP contribution in [-0.4, -0.2) is 55.2 Å². The van der Waals surface area contributed by atoms with Gasteiger partial charge in [-0.1, -0.05) is 18.2 Å². The summed E-state index contributed by atoms with van der Waals surface area (Å²) in [6.07, 6.45) is -0.191. The van der Waals surface area contributed by atoms with Crippen LogP contribution in [0.5, 0.6) is 5.75 Å². The zero-order valence-corrected chi connectivity index (χ0v) is 18.1. The Hall–Kier alpha value is -3.61. The van der Waals surface area contributed by atoms with E-state index in [0.29, 0.717) is 53.6 Å². The molecule has 1 aliphatic heterocycles. The third-order valence-electron chi connectivity index (χ3n) is 6.01. The highest BCUT2D eigenvalue weighted by molar-refractivity contribution is 6.09. The minimum absolute atomic E-state index is 0.191. The van der Waals surface area contributed by atoms with Crippen molar-refractivity contribution in [3.05, 3.63) is 71.0 Å². The Kier molecular flexibility index (Phi) is 5.99. The molecule has 4 rings (SSSR count). The molecule has 0 spiro atoms. The Morgan fingerprint density at radius 2 is 1.81 bits per heavy atom. The summed E-state index contributed by atoms with van der Waals surface area (Å²) < 4.78 is 19.3. The van der Waals surface area contributed by atoms with Crippen molar-refractivity contribution in [1.29, 1.82) is 0 Å². The van der Waals surface area contributed by atoms with Crippen molar-refractivity contribution in [3.8, 4) is 5.75 Å². The molecule has 6 nitrogen and oxygen atoms in total. The van der Waals surface area contributed by atoms with Gasteiger partial charge in [0.15, 0.2) is 0 Å². The lowest BCUT2D eigenvalue weighted by Gasteiger charge is -2.36. The van der Waals surface area contributed by atoms with Crippen LogP contribution in [-0.2, 0) is 11.2 Å². The van der Waals surface area contributed by atoms with Gasteiger partial charge in [0, 0.05) is 37.9 Å². The molecule has 1 amide bonds. The molecular weight excluding hydrogens is 411 g/mol. The molecule has 0 bridgehead atoms. The maximum absolute atomic E-state index is 14.0. The number of hydrogen-bond acceptors (Lipinski definition) is 4. The van der Waals surface area contributed by atoms with E-state index in [1.54, 1.807) is 31.1 Å². The SMILES string of the molecule is COc1cccc(N2CCN(C(=O)c3c(C)c(CC(=O)O)cc4ccc(F)cc34)CC2)c1. The summed E-state index contributed by atoms with van der Waals surface area (Å²) >= 11 is 0. The second-order valence-electron chi connectivity index (χ2n) is 7.95. The zero-order valence-electron chi connectivity index (χ0n) is 18.1. The minimum Gasteiger partial charge on any atom is -0.497 e. The van der Waals surface area contributed by atoms with E-state index in [1.807, 2.05) is 24.3 Å². The zero-order chi connectivity index (χ0) is 22.8. The Morgan fingerprint density at radius 3 is 2.50 bits per heavy atom. The predicted molar refractivity (Wildman–Crippen MR) is 121 cm³/mol. The molecule has 3 aromatic rings. The van der Waals surface area contributed by atoms with E-state index in [2.05, 4.69) is 4.90 Å². The highest BCUT2D eigenvalue weighted by Gasteiger charge is 2.26. The highest BCUT2D eigenvalue weighted by atomic mass is 19.1. The third-order valence-corrected chi connectivity index (χ3v) is 6.01. The summed E-state index contributed by atoms with van der Waals surface area (Å²) in [4.78, 5) is 28.8. The van der Waals surface area contributed by atoms with Crippen LogP contribution < -0.4 is 9.64 Å². The Labute approximate surface area is 185 Å². The average Bonchev–Trinajstić information content (AvgIpc) is 2.79. The summed E-state index contributed by atoms with van der Waals surface area (Å²) in [7, 11) is 1.63. The van der Waals surface area contributed by atoms with Gasteiger partial charge >= 0.3 is 5.97 Å². The van der Waals surface area contributed by atoms with Gasteiger partial charge in [0.05, 0.1) is 19.1 Å². The van der Waals surface area contributed by atoms with Crippen molar-refractivity contribution < 1.29 is 23.8 Å². The van der Waals surface area contributed by atoms with Gasteiger partial charge in [0.2, 0.25) is 0 Å². The number of hydrogen-bond donors (Lipinski definition) is 1. The van der Waals surface area contributed by atoms with Crippen molar-refractivity contribution in [2.45, 2.75) is 13.3 Å². The van der Waals surface area contributed by atoms with Gasteiger partial charge in [0.25, 0.3) is 5.91 Å². The van der Waals surface area contributed by atoms with Crippen LogP contribution in [0.2, 0.25) is 0 Å². The molecule has 3 aromatic carbocycles. The minimum atomic E-state index is -0.972. The molecule has 7 heteroatoms.